The van der Waals surface area contributed by atoms with Gasteiger partial charge in [0, 0.05) is 13.1 Å². The predicted molar refractivity (Wildman–Crippen MR) is 85.0 cm³/mol. The van der Waals surface area contributed by atoms with Crippen molar-refractivity contribution in [3.05, 3.63) is 0 Å². The quantitative estimate of drug-likeness (QED) is 0.750. The largest absolute Gasteiger partial charge is 0.396 e. The van der Waals surface area contributed by atoms with Gasteiger partial charge < -0.3 is 15.0 Å². The molecule has 0 bridgehead atoms. The summed E-state index contributed by atoms with van der Waals surface area (Å²) >= 11 is 5.31. The zero-order chi connectivity index (χ0) is 14.8. The van der Waals surface area contributed by atoms with Gasteiger partial charge in [0.1, 0.15) is 0 Å². The molecule has 1 aliphatic heterocycles. The van der Waals surface area contributed by atoms with Gasteiger partial charge in [-0.25, -0.2) is 0 Å². The average Bonchev–Trinajstić information content (AvgIpc) is 2.98. The summed E-state index contributed by atoms with van der Waals surface area (Å²) in [5, 5.41) is 14.4. The summed E-state index contributed by atoms with van der Waals surface area (Å²) in [6, 6.07) is 0.478. The first-order valence-electron chi connectivity index (χ1n) is 7.12. The lowest BCUT2D eigenvalue weighted by atomic mass is 10.1. The molecule has 122 valence electrons. The molecule has 0 spiro atoms. The van der Waals surface area contributed by atoms with E-state index in [1.165, 1.54) is 4.68 Å². The Balaban J connectivity index is 0.00000176. The SMILES string of the molecule is Cl.Cn1nnnc1OC(=S)N(CC(=O)[C@@H]1CCCN1)C1CC1. The van der Waals surface area contributed by atoms with E-state index in [9.17, 15) is 4.79 Å². The first-order valence-corrected chi connectivity index (χ1v) is 7.53. The summed E-state index contributed by atoms with van der Waals surface area (Å²) < 4.78 is 6.92. The van der Waals surface area contributed by atoms with Gasteiger partial charge in [-0.3, -0.25) is 4.79 Å². The number of halogens is 1. The first kappa shape index (κ1) is 17.0. The summed E-state index contributed by atoms with van der Waals surface area (Å²) in [5.41, 5.74) is 0. The van der Waals surface area contributed by atoms with Crippen LogP contribution in [0.3, 0.4) is 0 Å². The highest BCUT2D eigenvalue weighted by atomic mass is 35.5. The van der Waals surface area contributed by atoms with Crippen LogP contribution >= 0.6 is 24.6 Å². The van der Waals surface area contributed by atoms with Gasteiger partial charge in [0.15, 0.2) is 5.78 Å². The number of carbonyl (C=O) groups excluding carboxylic acids is 1. The van der Waals surface area contributed by atoms with Crippen LogP contribution in [0.5, 0.6) is 6.01 Å². The predicted octanol–water partition coefficient (Wildman–Crippen LogP) is 0.0811. The van der Waals surface area contributed by atoms with E-state index >= 15 is 0 Å². The Hall–Kier alpha value is -1.32. The Morgan fingerprint density at radius 3 is 2.82 bits per heavy atom. The fourth-order valence-electron chi connectivity index (χ4n) is 2.41. The van der Waals surface area contributed by atoms with E-state index in [0.29, 0.717) is 6.04 Å². The Morgan fingerprint density at radius 2 is 2.27 bits per heavy atom. The number of aromatic nitrogens is 4. The van der Waals surface area contributed by atoms with Crippen LogP contribution < -0.4 is 10.1 Å². The number of rotatable bonds is 5. The van der Waals surface area contributed by atoms with Gasteiger partial charge in [-0.15, -0.1) is 12.4 Å². The van der Waals surface area contributed by atoms with Crippen molar-refractivity contribution >= 4 is 35.6 Å². The topological polar surface area (TPSA) is 85.2 Å². The Labute approximate surface area is 140 Å². The molecule has 1 aliphatic carbocycles. The third-order valence-electron chi connectivity index (χ3n) is 3.76. The lowest BCUT2D eigenvalue weighted by molar-refractivity contribution is -0.121. The highest BCUT2D eigenvalue weighted by Crippen LogP contribution is 2.28. The molecule has 8 nitrogen and oxygen atoms in total. The van der Waals surface area contributed by atoms with Gasteiger partial charge in [-0.2, -0.15) is 4.68 Å². The molecule has 2 heterocycles. The summed E-state index contributed by atoms with van der Waals surface area (Å²) in [7, 11) is 1.67. The number of ketones is 1. The molecular formula is C12H19ClN6O2S. The molecule has 1 aromatic rings. The Kier molecular flexibility index (Phi) is 5.65. The monoisotopic (exact) mass is 346 g/mol. The third kappa shape index (κ3) is 3.90. The van der Waals surface area contributed by atoms with Gasteiger partial charge in [0.05, 0.1) is 12.6 Å². The Bertz CT molecular complexity index is 543. The van der Waals surface area contributed by atoms with Crippen molar-refractivity contribution in [2.24, 2.45) is 7.05 Å². The number of hydrogen-bond donors (Lipinski definition) is 1. The van der Waals surface area contributed by atoms with E-state index in [4.69, 9.17) is 17.0 Å². The van der Waals surface area contributed by atoms with E-state index in [0.717, 1.165) is 32.2 Å². The van der Waals surface area contributed by atoms with Crippen molar-refractivity contribution in [2.45, 2.75) is 37.8 Å². The number of thiocarbonyl (C=S) groups is 1. The summed E-state index contributed by atoms with van der Waals surface area (Å²) in [6.07, 6.45) is 4.02. The van der Waals surface area contributed by atoms with Crippen molar-refractivity contribution in [3.63, 3.8) is 0 Å². The maximum Gasteiger partial charge on any atom is 0.342 e. The summed E-state index contributed by atoms with van der Waals surface area (Å²) in [4.78, 5) is 14.2. The van der Waals surface area contributed by atoms with Gasteiger partial charge in [-0.05, 0) is 54.9 Å². The van der Waals surface area contributed by atoms with E-state index in [1.807, 2.05) is 4.90 Å². The molecule has 1 atom stereocenters. The zero-order valence-corrected chi connectivity index (χ0v) is 13.9. The van der Waals surface area contributed by atoms with Crippen molar-refractivity contribution < 1.29 is 9.53 Å². The smallest absolute Gasteiger partial charge is 0.342 e. The molecule has 0 aromatic carbocycles. The molecule has 1 saturated carbocycles. The molecule has 10 heteroatoms. The molecule has 0 radical (unpaired) electrons. The number of carbonyl (C=O) groups is 1. The third-order valence-corrected chi connectivity index (χ3v) is 4.08. The second-order valence-electron chi connectivity index (χ2n) is 5.43. The van der Waals surface area contributed by atoms with Crippen LogP contribution in [-0.2, 0) is 11.8 Å². The number of tetrazole rings is 1. The lowest BCUT2D eigenvalue weighted by Crippen LogP contribution is -2.44. The molecule has 1 aromatic heterocycles. The van der Waals surface area contributed by atoms with E-state index < -0.39 is 0 Å². The van der Waals surface area contributed by atoms with Crippen LogP contribution in [0.4, 0.5) is 0 Å². The van der Waals surface area contributed by atoms with Crippen molar-refractivity contribution in [3.8, 4) is 6.01 Å². The summed E-state index contributed by atoms with van der Waals surface area (Å²) in [6.45, 7) is 1.19. The standard InChI is InChI=1S/C12H18N6O2S.ClH/c1-17-11(14-15-16-17)20-12(21)18(8-4-5-8)7-10(19)9-3-2-6-13-9;/h8-9,13H,2-7H2,1H3;1H/t9-;/m0./s1. The van der Waals surface area contributed by atoms with Crippen molar-refractivity contribution in [1.82, 2.24) is 30.4 Å². The van der Waals surface area contributed by atoms with E-state index in [-0.39, 0.29) is 42.0 Å². The number of nitrogens with one attached hydrogen (secondary N) is 1. The number of aryl methyl sites for hydroxylation is 1. The molecule has 1 N–H and O–H groups in total. The van der Waals surface area contributed by atoms with Crippen LogP contribution in [0.15, 0.2) is 0 Å². The second-order valence-corrected chi connectivity index (χ2v) is 5.78. The number of nitrogens with zero attached hydrogens (tertiary/aromatic N) is 5. The van der Waals surface area contributed by atoms with E-state index in [2.05, 4.69) is 20.8 Å². The van der Waals surface area contributed by atoms with Crippen LogP contribution in [0.2, 0.25) is 0 Å². The summed E-state index contributed by atoms with van der Waals surface area (Å²) in [5.74, 6) is 0.168. The number of ether oxygens (including phenoxy) is 1. The lowest BCUT2D eigenvalue weighted by Gasteiger charge is -2.24. The average molecular weight is 347 g/mol. The van der Waals surface area contributed by atoms with Crippen LogP contribution in [-0.4, -0.2) is 61.2 Å². The minimum atomic E-state index is -0.0504. The van der Waals surface area contributed by atoms with Gasteiger partial charge in [0.2, 0.25) is 0 Å². The molecule has 22 heavy (non-hydrogen) atoms. The fraction of sp³-hybridized carbons (Fsp3) is 0.750. The maximum atomic E-state index is 12.3. The molecule has 0 amide bonds. The molecule has 2 fully saturated rings. The Morgan fingerprint density at radius 1 is 1.50 bits per heavy atom. The van der Waals surface area contributed by atoms with Crippen LogP contribution in [0.1, 0.15) is 25.7 Å². The molecule has 2 aliphatic rings. The van der Waals surface area contributed by atoms with Gasteiger partial charge >= 0.3 is 6.01 Å². The maximum absolute atomic E-state index is 12.3. The molecule has 0 unspecified atom stereocenters. The number of hydrogen-bond acceptors (Lipinski definition) is 7. The molecule has 3 rings (SSSR count). The molecular weight excluding hydrogens is 328 g/mol. The van der Waals surface area contributed by atoms with E-state index in [1.54, 1.807) is 7.05 Å². The first-order chi connectivity index (χ1) is 10.1. The van der Waals surface area contributed by atoms with Gasteiger partial charge in [-0.1, -0.05) is 5.10 Å². The normalized spacial score (nSPS) is 20.3. The van der Waals surface area contributed by atoms with Crippen molar-refractivity contribution in [1.29, 1.82) is 0 Å². The molecule has 1 saturated heterocycles. The van der Waals surface area contributed by atoms with Gasteiger partial charge in [0.25, 0.3) is 5.17 Å². The van der Waals surface area contributed by atoms with Crippen LogP contribution in [0.25, 0.3) is 0 Å². The minimum Gasteiger partial charge on any atom is -0.396 e. The minimum absolute atomic E-state index is 0. The second kappa shape index (κ2) is 7.30. The van der Waals surface area contributed by atoms with Crippen molar-refractivity contribution in [2.75, 3.05) is 13.1 Å². The zero-order valence-electron chi connectivity index (χ0n) is 12.3. The van der Waals surface area contributed by atoms with Crippen LogP contribution in [0, 0.1) is 0 Å². The number of Topliss-reactive ketones (excluding diaryl/α,β-unsaturated/α-hetero) is 1. The highest BCUT2D eigenvalue weighted by Gasteiger charge is 2.35. The fourth-order valence-corrected chi connectivity index (χ4v) is 2.70. The highest BCUT2D eigenvalue weighted by molar-refractivity contribution is 7.80.